The van der Waals surface area contributed by atoms with Crippen molar-refractivity contribution < 1.29 is 14.4 Å². The zero-order valence-corrected chi connectivity index (χ0v) is 14.2. The number of aromatic nitrogens is 4. The van der Waals surface area contributed by atoms with E-state index < -0.39 is 5.91 Å². The molecule has 0 saturated carbocycles. The second kappa shape index (κ2) is 6.48. The van der Waals surface area contributed by atoms with Crippen LogP contribution in [0.1, 0.15) is 38.4 Å². The van der Waals surface area contributed by atoms with E-state index in [1.165, 1.54) is 17.6 Å². The number of carbonyl (C=O) groups is 1. The number of oxazole rings is 1. The minimum Gasteiger partial charge on any atom is -0.438 e. The van der Waals surface area contributed by atoms with Gasteiger partial charge in [0.25, 0.3) is 5.91 Å². The number of para-hydroxylation sites is 2. The average Bonchev–Trinajstić information content (AvgIpc) is 3.18. The third kappa shape index (κ3) is 3.58. The molecule has 3 rings (SSSR count). The molecule has 2 aromatic heterocycles. The van der Waals surface area contributed by atoms with Crippen molar-refractivity contribution in [1.82, 2.24) is 25.5 Å². The van der Waals surface area contributed by atoms with Crippen molar-refractivity contribution in [3.05, 3.63) is 48.1 Å². The van der Waals surface area contributed by atoms with Crippen LogP contribution in [0.15, 0.2) is 41.0 Å². The number of benzene rings is 1. The number of nitrogens with zero attached hydrogens (tertiary/aromatic N) is 4. The summed E-state index contributed by atoms with van der Waals surface area (Å²) in [5, 5.41) is 16.7. The lowest BCUT2D eigenvalue weighted by Gasteiger charge is -2.27. The van der Waals surface area contributed by atoms with E-state index in [9.17, 15) is 4.79 Å². The first kappa shape index (κ1) is 16.8. The lowest BCUT2D eigenvalue weighted by molar-refractivity contribution is -0.124. The fraction of sp³-hybridized carbons (Fsp3) is 0.294. The van der Waals surface area contributed by atoms with Crippen LogP contribution in [0.4, 0.5) is 0 Å². The monoisotopic (exact) mass is 341 g/mol. The summed E-state index contributed by atoms with van der Waals surface area (Å²) in [6.45, 7) is 6.18. The van der Waals surface area contributed by atoms with Crippen LogP contribution in [0.3, 0.4) is 0 Å². The van der Waals surface area contributed by atoms with Gasteiger partial charge in [-0.1, -0.05) is 38.1 Å². The molecule has 1 unspecified atom stereocenters. The van der Waals surface area contributed by atoms with Crippen molar-refractivity contribution in [2.24, 2.45) is 5.41 Å². The molecule has 2 N–H and O–H groups in total. The van der Waals surface area contributed by atoms with Gasteiger partial charge in [0.05, 0.1) is 6.20 Å². The zero-order valence-electron chi connectivity index (χ0n) is 14.2. The van der Waals surface area contributed by atoms with E-state index in [0.717, 1.165) is 5.52 Å². The summed E-state index contributed by atoms with van der Waals surface area (Å²) in [6.07, 6.45) is 4.33. The second-order valence-corrected chi connectivity index (χ2v) is 6.72. The summed E-state index contributed by atoms with van der Waals surface area (Å²) >= 11 is 0. The Morgan fingerprint density at radius 2 is 2.12 bits per heavy atom. The van der Waals surface area contributed by atoms with Crippen molar-refractivity contribution in [2.75, 3.05) is 0 Å². The molecular formula is C17H19N5O3. The van der Waals surface area contributed by atoms with E-state index in [0.29, 0.717) is 17.2 Å². The molecule has 8 heteroatoms. The van der Waals surface area contributed by atoms with Crippen LogP contribution in [0.2, 0.25) is 0 Å². The van der Waals surface area contributed by atoms with Gasteiger partial charge in [-0.2, -0.15) is 0 Å². The number of hydroxylamine groups is 1. The fourth-order valence-electron chi connectivity index (χ4n) is 2.58. The van der Waals surface area contributed by atoms with Crippen molar-refractivity contribution in [3.8, 4) is 0 Å². The van der Waals surface area contributed by atoms with Gasteiger partial charge >= 0.3 is 0 Å². The number of nitrogens with one attached hydrogen (secondary N) is 1. The maximum Gasteiger partial charge on any atom is 0.267 e. The van der Waals surface area contributed by atoms with Crippen LogP contribution < -0.4 is 5.48 Å². The van der Waals surface area contributed by atoms with Crippen LogP contribution in [0.5, 0.6) is 0 Å². The Morgan fingerprint density at radius 1 is 1.36 bits per heavy atom. The van der Waals surface area contributed by atoms with E-state index in [1.807, 2.05) is 24.3 Å². The smallest absolute Gasteiger partial charge is 0.267 e. The Labute approximate surface area is 144 Å². The lowest BCUT2D eigenvalue weighted by Crippen LogP contribution is -2.26. The number of hydrogen-bond acceptors (Lipinski definition) is 6. The predicted molar refractivity (Wildman–Crippen MR) is 90.6 cm³/mol. The molecule has 0 spiro atoms. The van der Waals surface area contributed by atoms with Crippen LogP contribution in [-0.4, -0.2) is 31.1 Å². The molecule has 1 amide bonds. The number of rotatable bonds is 4. The number of amides is 1. The summed E-state index contributed by atoms with van der Waals surface area (Å²) < 4.78 is 7.59. The van der Waals surface area contributed by atoms with Gasteiger partial charge in [-0.25, -0.2) is 15.1 Å². The van der Waals surface area contributed by atoms with Crippen LogP contribution in [-0.2, 0) is 4.79 Å². The van der Waals surface area contributed by atoms with Gasteiger partial charge in [-0.15, -0.1) is 5.10 Å². The van der Waals surface area contributed by atoms with Gasteiger partial charge in [0.2, 0.25) is 5.89 Å². The standard InChI is InChI=1S/C17H19N5O3/c1-17(2,3)15(16-18-12-6-4-5-7-13(12)25-16)22-10-11(19-21-22)8-9-14(23)20-24/h4-10,15,24H,1-3H3,(H,20,23). The summed E-state index contributed by atoms with van der Waals surface area (Å²) in [5.41, 5.74) is 3.26. The van der Waals surface area contributed by atoms with E-state index in [-0.39, 0.29) is 11.5 Å². The Hall–Kier alpha value is -3.00. The highest BCUT2D eigenvalue weighted by atomic mass is 16.5. The largest absolute Gasteiger partial charge is 0.438 e. The van der Waals surface area contributed by atoms with Gasteiger partial charge in [0.1, 0.15) is 17.3 Å². The molecule has 1 aromatic carbocycles. The molecule has 0 aliphatic rings. The first-order valence-electron chi connectivity index (χ1n) is 7.78. The fourth-order valence-corrected chi connectivity index (χ4v) is 2.58. The quantitative estimate of drug-likeness (QED) is 0.429. The Morgan fingerprint density at radius 3 is 2.80 bits per heavy atom. The Kier molecular flexibility index (Phi) is 4.37. The summed E-state index contributed by atoms with van der Waals surface area (Å²) in [5.74, 6) is -0.0943. The van der Waals surface area contributed by atoms with Crippen molar-refractivity contribution >= 4 is 23.1 Å². The number of fused-ring (bicyclic) bond motifs is 1. The van der Waals surface area contributed by atoms with Crippen LogP contribution >= 0.6 is 0 Å². The SMILES string of the molecule is CC(C)(C)C(c1nc2ccccc2o1)n1cc(C=CC(=O)NO)nn1. The van der Waals surface area contributed by atoms with Crippen LogP contribution in [0.25, 0.3) is 17.2 Å². The molecule has 0 aliphatic heterocycles. The lowest BCUT2D eigenvalue weighted by atomic mass is 9.86. The molecule has 25 heavy (non-hydrogen) atoms. The molecule has 3 aromatic rings. The average molecular weight is 341 g/mol. The molecular weight excluding hydrogens is 322 g/mol. The van der Waals surface area contributed by atoms with Gasteiger partial charge in [0.15, 0.2) is 5.58 Å². The minimum absolute atomic E-state index is 0.238. The van der Waals surface area contributed by atoms with Gasteiger partial charge in [-0.05, 0) is 23.6 Å². The molecule has 0 saturated heterocycles. The molecule has 0 radical (unpaired) electrons. The predicted octanol–water partition coefficient (Wildman–Crippen LogP) is 2.57. The molecule has 130 valence electrons. The van der Waals surface area contributed by atoms with E-state index in [4.69, 9.17) is 9.62 Å². The first-order chi connectivity index (χ1) is 11.9. The summed E-state index contributed by atoms with van der Waals surface area (Å²) in [7, 11) is 0. The molecule has 0 aliphatic carbocycles. The normalized spacial score (nSPS) is 13.4. The zero-order chi connectivity index (χ0) is 18.0. The van der Waals surface area contributed by atoms with Crippen molar-refractivity contribution in [3.63, 3.8) is 0 Å². The number of carbonyl (C=O) groups excluding carboxylic acids is 1. The molecule has 0 bridgehead atoms. The molecule has 0 fully saturated rings. The van der Waals surface area contributed by atoms with Gasteiger partial charge in [0, 0.05) is 6.08 Å². The van der Waals surface area contributed by atoms with Gasteiger partial charge < -0.3 is 4.42 Å². The highest BCUT2D eigenvalue weighted by molar-refractivity contribution is 5.90. The first-order valence-corrected chi connectivity index (χ1v) is 7.78. The van der Waals surface area contributed by atoms with E-state index >= 15 is 0 Å². The van der Waals surface area contributed by atoms with Crippen LogP contribution in [0, 0.1) is 5.41 Å². The maximum atomic E-state index is 11.1. The van der Waals surface area contributed by atoms with E-state index in [1.54, 1.807) is 10.9 Å². The molecule has 1 atom stereocenters. The van der Waals surface area contributed by atoms with Crippen molar-refractivity contribution in [2.45, 2.75) is 26.8 Å². The number of hydrogen-bond donors (Lipinski definition) is 2. The van der Waals surface area contributed by atoms with E-state index in [2.05, 4.69) is 36.1 Å². The van der Waals surface area contributed by atoms with Crippen molar-refractivity contribution in [1.29, 1.82) is 0 Å². The molecule has 2 heterocycles. The third-order valence-corrected chi connectivity index (χ3v) is 3.67. The highest BCUT2D eigenvalue weighted by Gasteiger charge is 2.33. The van der Waals surface area contributed by atoms with Gasteiger partial charge in [-0.3, -0.25) is 10.0 Å². The minimum atomic E-state index is -0.638. The highest BCUT2D eigenvalue weighted by Crippen LogP contribution is 2.36. The maximum absolute atomic E-state index is 11.1. The summed E-state index contributed by atoms with van der Waals surface area (Å²) in [6, 6.07) is 7.29. The topological polar surface area (TPSA) is 106 Å². The third-order valence-electron chi connectivity index (χ3n) is 3.67. The molecule has 8 nitrogen and oxygen atoms in total. The Bertz CT molecular complexity index is 887. The second-order valence-electron chi connectivity index (χ2n) is 6.72. The summed E-state index contributed by atoms with van der Waals surface area (Å²) in [4.78, 5) is 15.7. The Balaban J connectivity index is 1.98.